The number of methoxy groups -OCH3 is 1. The number of esters is 1. The van der Waals surface area contributed by atoms with Crippen molar-refractivity contribution in [3.63, 3.8) is 0 Å². The molecule has 1 aliphatic rings. The minimum atomic E-state index is -0.790. The first-order valence-corrected chi connectivity index (χ1v) is 14.1. The molecule has 1 amide bonds. The number of pyridine rings is 1. The third kappa shape index (κ3) is 7.20. The van der Waals surface area contributed by atoms with Crippen molar-refractivity contribution in [2.24, 2.45) is 5.73 Å². The first kappa shape index (κ1) is 29.4. The molecule has 0 bridgehead atoms. The molecule has 0 radical (unpaired) electrons. The Morgan fingerprint density at radius 1 is 1.07 bits per heavy atom. The molecule has 43 heavy (non-hydrogen) atoms. The number of nitrogens with one attached hydrogen (secondary N) is 1. The number of hydrogen-bond donors (Lipinski definition) is 2. The van der Waals surface area contributed by atoms with Crippen molar-refractivity contribution in [3.05, 3.63) is 84.1 Å². The fourth-order valence-electron chi connectivity index (χ4n) is 4.83. The maximum absolute atomic E-state index is 12.5. The Balaban J connectivity index is 1.28. The summed E-state index contributed by atoms with van der Waals surface area (Å²) in [6.07, 6.45) is 5.55. The first-order chi connectivity index (χ1) is 20.9. The predicted octanol–water partition coefficient (Wildman–Crippen LogP) is 5.74. The number of fused-ring (bicyclic) bond motifs is 1. The summed E-state index contributed by atoms with van der Waals surface area (Å²) in [6, 6.07) is 20.5. The number of aromatic nitrogens is 1. The van der Waals surface area contributed by atoms with Crippen LogP contribution in [0.15, 0.2) is 72.9 Å². The highest BCUT2D eigenvalue weighted by molar-refractivity contribution is 6.04. The molecule has 10 heteroatoms. The van der Waals surface area contributed by atoms with E-state index >= 15 is 0 Å². The van der Waals surface area contributed by atoms with Gasteiger partial charge in [0.1, 0.15) is 29.5 Å². The van der Waals surface area contributed by atoms with Crippen LogP contribution in [0.2, 0.25) is 0 Å². The van der Waals surface area contributed by atoms with Crippen LogP contribution in [-0.4, -0.2) is 42.7 Å². The zero-order valence-electron chi connectivity index (χ0n) is 23.7. The van der Waals surface area contributed by atoms with E-state index in [1.54, 1.807) is 60.7 Å². The van der Waals surface area contributed by atoms with Gasteiger partial charge in [0, 0.05) is 35.3 Å². The summed E-state index contributed by atoms with van der Waals surface area (Å²) < 4.78 is 23.1. The van der Waals surface area contributed by atoms with Crippen molar-refractivity contribution in [3.8, 4) is 29.1 Å². The van der Waals surface area contributed by atoms with Crippen molar-refractivity contribution in [1.29, 1.82) is 5.26 Å². The first-order valence-electron chi connectivity index (χ1n) is 14.1. The van der Waals surface area contributed by atoms with E-state index in [2.05, 4.69) is 16.4 Å². The van der Waals surface area contributed by atoms with E-state index in [9.17, 15) is 14.9 Å². The Bertz CT molecular complexity index is 1630. The van der Waals surface area contributed by atoms with Crippen molar-refractivity contribution in [1.82, 2.24) is 4.98 Å². The van der Waals surface area contributed by atoms with Crippen LogP contribution < -0.4 is 25.3 Å². The van der Waals surface area contributed by atoms with Gasteiger partial charge in [-0.05, 0) is 68.1 Å². The van der Waals surface area contributed by atoms with Gasteiger partial charge in [-0.2, -0.15) is 5.26 Å². The smallest absolute Gasteiger partial charge is 0.323 e. The lowest BCUT2D eigenvalue weighted by Gasteiger charge is -2.17. The average Bonchev–Trinajstić information content (AvgIpc) is 3.55. The molecule has 1 heterocycles. The molecule has 1 aromatic heterocycles. The van der Waals surface area contributed by atoms with E-state index in [1.165, 1.54) is 13.3 Å². The number of carbonyl (C=O) groups is 2. The van der Waals surface area contributed by atoms with Gasteiger partial charge in [0.15, 0.2) is 17.2 Å². The SMILES string of the molecule is COc1cc2c(Oc3ccc(NC(=O)c4ccccc4)cc3)c(C#N)cnc2cc1OCCC(N)C(=O)OC1CCCC1. The van der Waals surface area contributed by atoms with E-state index in [1.807, 2.05) is 6.07 Å². The third-order valence-electron chi connectivity index (χ3n) is 7.17. The second-order valence-electron chi connectivity index (χ2n) is 10.2. The molecule has 220 valence electrons. The summed E-state index contributed by atoms with van der Waals surface area (Å²) in [5.41, 5.74) is 7.93. The van der Waals surface area contributed by atoms with Crippen LogP contribution in [-0.2, 0) is 9.53 Å². The summed E-state index contributed by atoms with van der Waals surface area (Å²) in [4.78, 5) is 29.2. The molecule has 1 unspecified atom stereocenters. The third-order valence-corrected chi connectivity index (χ3v) is 7.17. The number of carbonyl (C=O) groups excluding carboxylic acids is 2. The van der Waals surface area contributed by atoms with E-state index in [-0.39, 0.29) is 30.6 Å². The Labute approximate surface area is 249 Å². The Hall–Kier alpha value is -5.14. The van der Waals surface area contributed by atoms with Crippen LogP contribution in [0.25, 0.3) is 10.9 Å². The molecule has 1 fully saturated rings. The lowest BCUT2D eigenvalue weighted by Crippen LogP contribution is -2.35. The number of nitrogens with two attached hydrogens (primary N) is 1. The number of nitriles is 1. The highest BCUT2D eigenvalue weighted by Gasteiger charge is 2.23. The number of ether oxygens (including phenoxy) is 4. The van der Waals surface area contributed by atoms with Gasteiger partial charge in [-0.15, -0.1) is 0 Å². The highest BCUT2D eigenvalue weighted by atomic mass is 16.5. The van der Waals surface area contributed by atoms with Crippen molar-refractivity contribution in [2.75, 3.05) is 19.0 Å². The van der Waals surface area contributed by atoms with Gasteiger partial charge in [0.05, 0.1) is 19.2 Å². The second-order valence-corrected chi connectivity index (χ2v) is 10.2. The fourth-order valence-corrected chi connectivity index (χ4v) is 4.83. The molecular weight excluding hydrogens is 548 g/mol. The maximum Gasteiger partial charge on any atom is 0.323 e. The quantitative estimate of drug-likeness (QED) is 0.212. The highest BCUT2D eigenvalue weighted by Crippen LogP contribution is 2.39. The van der Waals surface area contributed by atoms with E-state index in [0.29, 0.717) is 45.2 Å². The molecule has 10 nitrogen and oxygen atoms in total. The van der Waals surface area contributed by atoms with Crippen molar-refractivity contribution < 1.29 is 28.5 Å². The lowest BCUT2D eigenvalue weighted by atomic mass is 10.1. The number of rotatable bonds is 11. The van der Waals surface area contributed by atoms with E-state index in [0.717, 1.165) is 25.7 Å². The summed E-state index contributed by atoms with van der Waals surface area (Å²) in [6.45, 7) is 0.162. The zero-order chi connectivity index (χ0) is 30.2. The summed E-state index contributed by atoms with van der Waals surface area (Å²) in [5.74, 6) is 0.926. The zero-order valence-corrected chi connectivity index (χ0v) is 23.7. The maximum atomic E-state index is 12.5. The molecule has 3 aromatic carbocycles. The molecular formula is C33H32N4O6. The number of nitrogens with zero attached hydrogens (tertiary/aromatic N) is 2. The van der Waals surface area contributed by atoms with Crippen molar-refractivity contribution in [2.45, 2.75) is 44.2 Å². The van der Waals surface area contributed by atoms with Crippen molar-refractivity contribution >= 4 is 28.5 Å². The number of hydrogen-bond acceptors (Lipinski definition) is 9. The molecule has 3 N–H and O–H groups in total. The molecule has 1 aliphatic carbocycles. The van der Waals surface area contributed by atoms with Crippen LogP contribution in [0.5, 0.6) is 23.0 Å². The largest absolute Gasteiger partial charge is 0.493 e. The van der Waals surface area contributed by atoms with Gasteiger partial charge in [0.2, 0.25) is 0 Å². The topological polar surface area (TPSA) is 146 Å². The predicted molar refractivity (Wildman–Crippen MR) is 160 cm³/mol. The average molecular weight is 581 g/mol. The lowest BCUT2D eigenvalue weighted by molar-refractivity contribution is -0.150. The molecule has 0 spiro atoms. The number of benzene rings is 3. The van der Waals surface area contributed by atoms with Gasteiger partial charge >= 0.3 is 5.97 Å². The van der Waals surface area contributed by atoms with Crippen LogP contribution in [0, 0.1) is 11.3 Å². The number of anilines is 1. The standard InChI is InChI=1S/C33H32N4O6/c1-40-29-17-26-28(18-30(29)41-16-15-27(35)33(39)43-24-9-5-6-10-24)36-20-22(19-34)31(26)42-25-13-11-23(12-14-25)37-32(38)21-7-3-2-4-8-21/h2-4,7-8,11-14,17-18,20,24,27H,5-6,9-10,15-16,35H2,1H3,(H,37,38). The van der Waals surface area contributed by atoms with Crippen LogP contribution in [0.1, 0.15) is 48.0 Å². The Kier molecular flexibility index (Phi) is 9.34. The van der Waals surface area contributed by atoms with E-state index in [4.69, 9.17) is 24.7 Å². The molecule has 0 saturated heterocycles. The van der Waals surface area contributed by atoms with E-state index < -0.39 is 12.0 Å². The Morgan fingerprint density at radius 3 is 2.51 bits per heavy atom. The molecule has 1 saturated carbocycles. The number of amides is 1. The van der Waals surface area contributed by atoms with Gasteiger partial charge in [0.25, 0.3) is 5.91 Å². The summed E-state index contributed by atoms with van der Waals surface area (Å²) >= 11 is 0. The monoisotopic (exact) mass is 580 g/mol. The van der Waals surface area contributed by atoms with Gasteiger partial charge < -0.3 is 30.0 Å². The summed E-state index contributed by atoms with van der Waals surface area (Å²) in [5, 5.41) is 13.2. The molecule has 0 aliphatic heterocycles. The molecule has 5 rings (SSSR count). The molecule has 4 aromatic rings. The Morgan fingerprint density at radius 2 is 1.81 bits per heavy atom. The van der Waals surface area contributed by atoms with Gasteiger partial charge in [-0.25, -0.2) is 0 Å². The molecule has 1 atom stereocenters. The fraction of sp³-hybridized carbons (Fsp3) is 0.273. The normalized spacial score (nSPS) is 13.6. The minimum absolute atomic E-state index is 0.0423. The van der Waals surface area contributed by atoms with Crippen LogP contribution in [0.3, 0.4) is 0 Å². The van der Waals surface area contributed by atoms with Crippen LogP contribution >= 0.6 is 0 Å². The minimum Gasteiger partial charge on any atom is -0.493 e. The van der Waals surface area contributed by atoms with Crippen LogP contribution in [0.4, 0.5) is 5.69 Å². The summed E-state index contributed by atoms with van der Waals surface area (Å²) in [7, 11) is 1.50. The van der Waals surface area contributed by atoms with Gasteiger partial charge in [-0.3, -0.25) is 14.6 Å². The van der Waals surface area contributed by atoms with Gasteiger partial charge in [-0.1, -0.05) is 18.2 Å². The second kappa shape index (κ2) is 13.7.